The predicted octanol–water partition coefficient (Wildman–Crippen LogP) is 4.32. The summed E-state index contributed by atoms with van der Waals surface area (Å²) in [6.07, 6.45) is 3.85. The van der Waals surface area contributed by atoms with Crippen molar-refractivity contribution in [2.45, 2.75) is 25.6 Å². The number of hydrogen-bond acceptors (Lipinski definition) is 4. The van der Waals surface area contributed by atoms with Crippen molar-refractivity contribution >= 4 is 46.2 Å². The van der Waals surface area contributed by atoms with Gasteiger partial charge in [-0.25, -0.2) is 0 Å². The number of anilines is 2. The summed E-state index contributed by atoms with van der Waals surface area (Å²) in [5.41, 5.74) is 3.36. The minimum Gasteiger partial charge on any atom is -0.375 e. The van der Waals surface area contributed by atoms with Crippen molar-refractivity contribution in [1.29, 1.82) is 0 Å². The van der Waals surface area contributed by atoms with E-state index in [0.29, 0.717) is 15.8 Å². The molecule has 32 heavy (non-hydrogen) atoms. The normalized spacial score (nSPS) is 18.0. The summed E-state index contributed by atoms with van der Waals surface area (Å²) >= 11 is 12.3. The van der Waals surface area contributed by atoms with Crippen LogP contribution < -0.4 is 15.5 Å². The molecular weight excluding hydrogens is 446 g/mol. The van der Waals surface area contributed by atoms with Crippen LogP contribution in [0.2, 0.25) is 5.02 Å². The first-order valence-corrected chi connectivity index (χ1v) is 11.1. The van der Waals surface area contributed by atoms with Gasteiger partial charge in [-0.15, -0.1) is 0 Å². The van der Waals surface area contributed by atoms with Gasteiger partial charge >= 0.3 is 0 Å². The first-order chi connectivity index (χ1) is 15.5. The van der Waals surface area contributed by atoms with E-state index in [0.717, 1.165) is 23.6 Å². The number of benzene rings is 1. The molecule has 4 rings (SSSR count). The number of halogens is 1. The number of carbonyl (C=O) groups excluding carboxylic acids is 1. The number of ether oxygens (including phenoxy) is 1. The Kier molecular flexibility index (Phi) is 6.74. The third kappa shape index (κ3) is 4.34. The van der Waals surface area contributed by atoms with Crippen LogP contribution in [0.15, 0.2) is 60.9 Å². The molecule has 2 N–H and O–H groups in total. The van der Waals surface area contributed by atoms with E-state index in [1.165, 1.54) is 7.11 Å². The Morgan fingerprint density at radius 2 is 2.12 bits per heavy atom. The first-order valence-electron chi connectivity index (χ1n) is 10.3. The summed E-state index contributed by atoms with van der Waals surface area (Å²) < 4.78 is 7.07. The van der Waals surface area contributed by atoms with Crippen molar-refractivity contribution in [3.63, 3.8) is 0 Å². The lowest BCUT2D eigenvalue weighted by molar-refractivity contribution is -0.119. The van der Waals surface area contributed by atoms with Crippen LogP contribution in [0.5, 0.6) is 0 Å². The minimum absolute atomic E-state index is 0.0416. The Morgan fingerprint density at radius 1 is 1.28 bits per heavy atom. The zero-order valence-corrected chi connectivity index (χ0v) is 19.4. The molecule has 1 aromatic carbocycles. The van der Waals surface area contributed by atoms with Gasteiger partial charge in [0.25, 0.3) is 0 Å². The van der Waals surface area contributed by atoms with E-state index < -0.39 is 0 Å². The maximum Gasteiger partial charge on any atom is 0.250 e. The molecule has 0 unspecified atom stereocenters. The van der Waals surface area contributed by atoms with E-state index >= 15 is 0 Å². The van der Waals surface area contributed by atoms with Crippen LogP contribution in [0.25, 0.3) is 0 Å². The number of carbonyl (C=O) groups is 1. The third-order valence-corrected chi connectivity index (χ3v) is 6.01. The van der Waals surface area contributed by atoms with Crippen LogP contribution in [-0.2, 0) is 16.1 Å². The van der Waals surface area contributed by atoms with E-state index in [2.05, 4.69) is 44.3 Å². The zero-order valence-electron chi connectivity index (χ0n) is 17.8. The molecule has 0 bridgehead atoms. The highest BCUT2D eigenvalue weighted by Crippen LogP contribution is 2.42. The standard InChI is InChI=1S/C23H24ClN5O2S/c1-3-28-12-6-8-19(28)22-21(18-7-4-5-11-25-18)27-23(32)29(22)15-9-10-17(16(24)13-15)26-20(30)14-31-2/h4-13,21-22H,3,14H2,1-2H3,(H,26,30)(H,27,32)/t21-,22-/m0/s1. The number of amides is 1. The minimum atomic E-state index is -0.269. The lowest BCUT2D eigenvalue weighted by atomic mass is 10.0. The molecule has 1 aliphatic heterocycles. The molecule has 0 spiro atoms. The van der Waals surface area contributed by atoms with Gasteiger partial charge in [0.05, 0.1) is 22.4 Å². The Balaban J connectivity index is 1.74. The molecule has 166 valence electrons. The van der Waals surface area contributed by atoms with Crippen LogP contribution in [-0.4, -0.2) is 34.3 Å². The van der Waals surface area contributed by atoms with E-state index in [-0.39, 0.29) is 24.6 Å². The maximum atomic E-state index is 11.9. The highest BCUT2D eigenvalue weighted by molar-refractivity contribution is 7.80. The highest BCUT2D eigenvalue weighted by Gasteiger charge is 2.42. The zero-order chi connectivity index (χ0) is 22.7. The fourth-order valence-corrected chi connectivity index (χ4v) is 4.56. The van der Waals surface area contributed by atoms with Gasteiger partial charge in [-0.1, -0.05) is 17.7 Å². The fourth-order valence-electron chi connectivity index (χ4n) is 3.99. The average molecular weight is 470 g/mol. The second kappa shape index (κ2) is 9.68. The molecule has 0 aliphatic carbocycles. The van der Waals surface area contributed by atoms with Crippen molar-refractivity contribution < 1.29 is 9.53 Å². The number of aryl methyl sites for hydroxylation is 1. The van der Waals surface area contributed by atoms with Gasteiger partial charge in [0.15, 0.2) is 5.11 Å². The second-order valence-electron chi connectivity index (χ2n) is 7.36. The molecular formula is C23H24ClN5O2S. The largest absolute Gasteiger partial charge is 0.375 e. The molecule has 1 saturated heterocycles. The van der Waals surface area contributed by atoms with Gasteiger partial charge in [-0.2, -0.15) is 0 Å². The number of nitrogens with zero attached hydrogens (tertiary/aromatic N) is 3. The number of aromatic nitrogens is 2. The van der Waals surface area contributed by atoms with E-state index in [1.807, 2.05) is 36.4 Å². The van der Waals surface area contributed by atoms with Gasteiger partial charge in [0.1, 0.15) is 12.6 Å². The Labute approximate surface area is 197 Å². The van der Waals surface area contributed by atoms with Gasteiger partial charge < -0.3 is 24.8 Å². The molecule has 0 saturated carbocycles. The van der Waals surface area contributed by atoms with Crippen molar-refractivity contribution in [1.82, 2.24) is 14.9 Å². The molecule has 9 heteroatoms. The van der Waals surface area contributed by atoms with Crippen LogP contribution in [0.3, 0.4) is 0 Å². The average Bonchev–Trinajstić information content (AvgIpc) is 3.39. The van der Waals surface area contributed by atoms with Crippen molar-refractivity contribution in [3.8, 4) is 0 Å². The Bertz CT molecular complexity index is 1120. The summed E-state index contributed by atoms with van der Waals surface area (Å²) in [4.78, 5) is 18.5. The van der Waals surface area contributed by atoms with Gasteiger partial charge in [0, 0.05) is 37.4 Å². The fraction of sp³-hybridized carbons (Fsp3) is 0.261. The number of pyridine rings is 1. The molecule has 0 radical (unpaired) electrons. The van der Waals surface area contributed by atoms with Crippen LogP contribution in [0.4, 0.5) is 11.4 Å². The van der Waals surface area contributed by atoms with E-state index in [1.54, 1.807) is 12.3 Å². The quantitative estimate of drug-likeness (QED) is 0.502. The SMILES string of the molecule is CCn1cccc1[C@H]1[C@H](c2ccccn2)NC(=S)N1c1ccc(NC(=O)COC)c(Cl)c1. The van der Waals surface area contributed by atoms with E-state index in [4.69, 9.17) is 28.6 Å². The highest BCUT2D eigenvalue weighted by atomic mass is 35.5. The van der Waals surface area contributed by atoms with Crippen LogP contribution in [0, 0.1) is 0 Å². The molecule has 7 nitrogen and oxygen atoms in total. The summed E-state index contributed by atoms with van der Waals surface area (Å²) in [6, 6.07) is 15.2. The number of rotatable bonds is 7. The summed E-state index contributed by atoms with van der Waals surface area (Å²) in [7, 11) is 1.47. The molecule has 1 amide bonds. The van der Waals surface area contributed by atoms with Crippen molar-refractivity contribution in [2.75, 3.05) is 23.9 Å². The van der Waals surface area contributed by atoms with Gasteiger partial charge in [-0.3, -0.25) is 9.78 Å². The summed E-state index contributed by atoms with van der Waals surface area (Å²) in [5, 5.41) is 7.20. The molecule has 2 atom stereocenters. The smallest absolute Gasteiger partial charge is 0.250 e. The molecule has 2 aromatic heterocycles. The summed E-state index contributed by atoms with van der Waals surface area (Å²) in [6.45, 7) is 2.90. The lowest BCUT2D eigenvalue weighted by Gasteiger charge is -2.29. The summed E-state index contributed by atoms with van der Waals surface area (Å²) in [5.74, 6) is -0.269. The van der Waals surface area contributed by atoms with Gasteiger partial charge in [-0.05, 0) is 61.6 Å². The molecule has 3 heterocycles. The third-order valence-electron chi connectivity index (χ3n) is 5.39. The topological polar surface area (TPSA) is 71.4 Å². The molecule has 3 aromatic rings. The number of methoxy groups -OCH3 is 1. The second-order valence-corrected chi connectivity index (χ2v) is 8.15. The number of hydrogen-bond donors (Lipinski definition) is 2. The van der Waals surface area contributed by atoms with Crippen molar-refractivity contribution in [3.05, 3.63) is 77.3 Å². The van der Waals surface area contributed by atoms with Crippen LogP contribution in [0.1, 0.15) is 30.4 Å². The molecule has 1 fully saturated rings. The monoisotopic (exact) mass is 469 g/mol. The predicted molar refractivity (Wildman–Crippen MR) is 130 cm³/mol. The number of nitrogens with one attached hydrogen (secondary N) is 2. The van der Waals surface area contributed by atoms with Gasteiger partial charge in [0.2, 0.25) is 5.91 Å². The van der Waals surface area contributed by atoms with Crippen LogP contribution >= 0.6 is 23.8 Å². The Morgan fingerprint density at radius 3 is 2.81 bits per heavy atom. The first kappa shape index (κ1) is 22.3. The van der Waals surface area contributed by atoms with E-state index in [9.17, 15) is 4.79 Å². The maximum absolute atomic E-state index is 11.9. The van der Waals surface area contributed by atoms with Crippen molar-refractivity contribution in [2.24, 2.45) is 0 Å². The number of thiocarbonyl (C=S) groups is 1. The Hall–Kier alpha value is -2.94. The lowest BCUT2D eigenvalue weighted by Crippen LogP contribution is -2.30. The molecule has 1 aliphatic rings.